The highest BCUT2D eigenvalue weighted by Gasteiger charge is 2.67. The molecule has 2 N–H and O–H groups in total. The number of nitrogens with one attached hydrogen (secondary N) is 1. The number of methoxy groups -OCH3 is 1. The number of alkyl halides is 4. The molecule has 0 spiro atoms. The summed E-state index contributed by atoms with van der Waals surface area (Å²) in [6, 6.07) is 4.32. The molecular weight excluding hydrogens is 362 g/mol. The van der Waals surface area contributed by atoms with Gasteiger partial charge in [-0.3, -0.25) is 4.79 Å². The Morgan fingerprint density at radius 3 is 2.39 bits per heavy atom. The molecule has 128 valence electrons. The highest BCUT2D eigenvalue weighted by atomic mass is 35.5. The average Bonchev–Trinajstić information content (AvgIpc) is 2.48. The third-order valence-corrected chi connectivity index (χ3v) is 3.97. The molecule has 1 rings (SSSR count). The fourth-order valence-corrected chi connectivity index (χ4v) is 2.09. The molecule has 0 aliphatic carbocycles. The molecule has 5 nitrogen and oxygen atoms in total. The van der Waals surface area contributed by atoms with Gasteiger partial charge in [-0.1, -0.05) is 17.7 Å². The van der Waals surface area contributed by atoms with Gasteiger partial charge in [0.05, 0.1) is 7.11 Å². The van der Waals surface area contributed by atoms with Crippen LogP contribution in [0.25, 0.3) is 0 Å². The molecule has 10 heteroatoms. The lowest BCUT2D eigenvalue weighted by Gasteiger charge is -2.30. The minimum atomic E-state index is -5.52. The number of carbonyl (C=O) groups is 2. The summed E-state index contributed by atoms with van der Waals surface area (Å²) in [6.45, 7) is 1.51. The van der Waals surface area contributed by atoms with Crippen molar-refractivity contribution in [3.63, 3.8) is 0 Å². The summed E-state index contributed by atoms with van der Waals surface area (Å²) in [5.74, 6) is -3.54. The monoisotopic (exact) mass is 373 g/mol. The number of carbonyl (C=O) groups excluding carboxylic acids is 2. The topological polar surface area (TPSA) is 75.6 Å². The standard InChI is InChI=1S/C13H12Cl2F3NO4/c1-6-7(14)4-3-5-8(6)19-10(20)9(15)12(22,11(21)23-2)13(16,17)18/h3-5,9,22H,1-2H3,(H,19,20). The van der Waals surface area contributed by atoms with Crippen LogP contribution >= 0.6 is 23.2 Å². The van der Waals surface area contributed by atoms with Crippen molar-refractivity contribution in [1.82, 2.24) is 0 Å². The molecular formula is C13H12Cl2F3NO4. The Labute approximate surface area is 139 Å². The summed E-state index contributed by atoms with van der Waals surface area (Å²) in [5, 5.41) is 9.31. The van der Waals surface area contributed by atoms with Gasteiger partial charge in [0.1, 0.15) is 0 Å². The first-order valence-corrected chi connectivity index (χ1v) is 6.85. The Morgan fingerprint density at radius 2 is 1.91 bits per heavy atom. The lowest BCUT2D eigenvalue weighted by Crippen LogP contribution is -2.62. The van der Waals surface area contributed by atoms with Crippen LogP contribution in [0.3, 0.4) is 0 Å². The van der Waals surface area contributed by atoms with Crippen molar-refractivity contribution in [1.29, 1.82) is 0 Å². The summed E-state index contributed by atoms with van der Waals surface area (Å²) in [6.07, 6.45) is -5.52. The number of halogens is 5. The molecule has 1 aromatic rings. The van der Waals surface area contributed by atoms with Gasteiger partial charge in [0, 0.05) is 10.7 Å². The molecule has 2 unspecified atom stereocenters. The van der Waals surface area contributed by atoms with E-state index >= 15 is 0 Å². The van der Waals surface area contributed by atoms with E-state index in [0.717, 1.165) is 0 Å². The van der Waals surface area contributed by atoms with E-state index in [1.165, 1.54) is 25.1 Å². The molecule has 2 atom stereocenters. The van der Waals surface area contributed by atoms with Crippen LogP contribution < -0.4 is 5.32 Å². The van der Waals surface area contributed by atoms with Crippen LogP contribution in [0.5, 0.6) is 0 Å². The number of hydrogen-bond donors (Lipinski definition) is 2. The smallest absolute Gasteiger partial charge is 0.430 e. The second-order valence-corrected chi connectivity index (χ2v) is 5.36. The summed E-state index contributed by atoms with van der Waals surface area (Å²) in [7, 11) is 0.627. The van der Waals surface area contributed by atoms with Crippen LogP contribution in [0.1, 0.15) is 5.56 Å². The molecule has 0 aliphatic rings. The molecule has 0 fully saturated rings. The molecule has 0 saturated heterocycles. The van der Waals surface area contributed by atoms with Crippen molar-refractivity contribution in [3.8, 4) is 0 Å². The number of esters is 1. The van der Waals surface area contributed by atoms with Crippen molar-refractivity contribution in [3.05, 3.63) is 28.8 Å². The SMILES string of the molecule is COC(=O)C(O)(C(Cl)C(=O)Nc1cccc(Cl)c1C)C(F)(F)F. The minimum Gasteiger partial charge on any atom is -0.467 e. The number of aliphatic hydroxyl groups is 1. The summed E-state index contributed by atoms with van der Waals surface area (Å²) in [4.78, 5) is 23.3. The van der Waals surface area contributed by atoms with Crippen LogP contribution in [0.2, 0.25) is 5.02 Å². The third-order valence-electron chi connectivity index (χ3n) is 3.05. The van der Waals surface area contributed by atoms with E-state index in [1.807, 2.05) is 0 Å². The van der Waals surface area contributed by atoms with Gasteiger partial charge in [-0.2, -0.15) is 13.2 Å². The zero-order valence-corrected chi connectivity index (χ0v) is 13.4. The summed E-state index contributed by atoms with van der Waals surface area (Å²) >= 11 is 11.2. The summed E-state index contributed by atoms with van der Waals surface area (Å²) in [5.41, 5.74) is -3.73. The quantitative estimate of drug-likeness (QED) is 0.628. The van der Waals surface area contributed by atoms with Crippen LogP contribution in [-0.2, 0) is 14.3 Å². The highest BCUT2D eigenvalue weighted by Crippen LogP contribution is 2.37. The van der Waals surface area contributed by atoms with E-state index in [9.17, 15) is 27.9 Å². The Kier molecular flexibility index (Phi) is 5.89. The van der Waals surface area contributed by atoms with Gasteiger partial charge in [-0.05, 0) is 24.6 Å². The van der Waals surface area contributed by atoms with Gasteiger partial charge in [0.25, 0.3) is 5.60 Å². The Balaban J connectivity index is 3.15. The maximum absolute atomic E-state index is 13.0. The normalized spacial score (nSPS) is 15.5. The largest absolute Gasteiger partial charge is 0.467 e. The molecule has 0 saturated carbocycles. The molecule has 0 aromatic heterocycles. The van der Waals surface area contributed by atoms with E-state index in [2.05, 4.69) is 10.1 Å². The number of hydrogen-bond acceptors (Lipinski definition) is 4. The van der Waals surface area contributed by atoms with Crippen molar-refractivity contribution >= 4 is 40.8 Å². The Bertz CT molecular complexity index is 624. The molecule has 0 aliphatic heterocycles. The van der Waals surface area contributed by atoms with Crippen LogP contribution in [-0.4, -0.2) is 41.2 Å². The van der Waals surface area contributed by atoms with Crippen LogP contribution in [0.4, 0.5) is 18.9 Å². The van der Waals surface area contributed by atoms with Crippen molar-refractivity contribution in [2.24, 2.45) is 0 Å². The number of ether oxygens (including phenoxy) is 1. The van der Waals surface area contributed by atoms with E-state index in [1.54, 1.807) is 0 Å². The molecule has 0 bridgehead atoms. The predicted molar refractivity (Wildman–Crippen MR) is 77.5 cm³/mol. The highest BCUT2D eigenvalue weighted by molar-refractivity contribution is 6.35. The number of benzene rings is 1. The zero-order chi connectivity index (χ0) is 18.0. The molecule has 23 heavy (non-hydrogen) atoms. The van der Waals surface area contributed by atoms with E-state index in [-0.39, 0.29) is 10.7 Å². The van der Waals surface area contributed by atoms with Crippen LogP contribution in [0, 0.1) is 6.92 Å². The number of rotatable bonds is 4. The predicted octanol–water partition coefficient (Wildman–Crippen LogP) is 2.66. The van der Waals surface area contributed by atoms with E-state index in [4.69, 9.17) is 23.2 Å². The Hall–Kier alpha value is -1.51. The molecule has 0 radical (unpaired) electrons. The second kappa shape index (κ2) is 6.94. The molecule has 1 aromatic carbocycles. The van der Waals surface area contributed by atoms with Gasteiger partial charge >= 0.3 is 12.1 Å². The maximum atomic E-state index is 13.0. The Morgan fingerprint density at radius 1 is 1.35 bits per heavy atom. The van der Waals surface area contributed by atoms with E-state index in [0.29, 0.717) is 12.7 Å². The lowest BCUT2D eigenvalue weighted by atomic mass is 9.97. The molecule has 0 heterocycles. The number of anilines is 1. The van der Waals surface area contributed by atoms with Crippen LogP contribution in [0.15, 0.2) is 18.2 Å². The lowest BCUT2D eigenvalue weighted by molar-refractivity contribution is -0.260. The third kappa shape index (κ3) is 3.70. The average molecular weight is 374 g/mol. The second-order valence-electron chi connectivity index (χ2n) is 4.52. The van der Waals surface area contributed by atoms with Gasteiger partial charge in [0.15, 0.2) is 5.38 Å². The first-order chi connectivity index (χ1) is 10.5. The van der Waals surface area contributed by atoms with E-state index < -0.39 is 29.0 Å². The maximum Gasteiger partial charge on any atom is 0.430 e. The van der Waals surface area contributed by atoms with Crippen molar-refractivity contribution in [2.45, 2.75) is 24.1 Å². The first kappa shape index (κ1) is 19.5. The fraction of sp³-hybridized carbons (Fsp3) is 0.385. The van der Waals surface area contributed by atoms with Crippen molar-refractivity contribution < 1.29 is 32.6 Å². The van der Waals surface area contributed by atoms with Gasteiger partial charge in [-0.25, -0.2) is 4.79 Å². The summed E-state index contributed by atoms with van der Waals surface area (Å²) < 4.78 is 42.9. The number of amides is 1. The molecule has 1 amide bonds. The van der Waals surface area contributed by atoms with Gasteiger partial charge < -0.3 is 15.2 Å². The first-order valence-electron chi connectivity index (χ1n) is 6.04. The minimum absolute atomic E-state index is 0.0857. The van der Waals surface area contributed by atoms with Gasteiger partial charge in [-0.15, -0.1) is 11.6 Å². The fourth-order valence-electron chi connectivity index (χ4n) is 1.65. The zero-order valence-electron chi connectivity index (χ0n) is 11.9. The van der Waals surface area contributed by atoms with Crippen molar-refractivity contribution in [2.75, 3.05) is 12.4 Å². The van der Waals surface area contributed by atoms with Gasteiger partial charge in [0.2, 0.25) is 5.91 Å².